The molecular formula is C16H18N6O. The second-order valence-corrected chi connectivity index (χ2v) is 5.70. The number of anilines is 1. The molecular weight excluding hydrogens is 292 g/mol. The Balaban J connectivity index is 1.37. The predicted molar refractivity (Wildman–Crippen MR) is 85.5 cm³/mol. The molecule has 23 heavy (non-hydrogen) atoms. The summed E-state index contributed by atoms with van der Waals surface area (Å²) in [6.45, 7) is 2.65. The molecule has 0 amide bonds. The maximum atomic E-state index is 5.72. The first-order valence-electron chi connectivity index (χ1n) is 7.82. The van der Waals surface area contributed by atoms with E-state index in [4.69, 9.17) is 4.74 Å². The summed E-state index contributed by atoms with van der Waals surface area (Å²) in [4.78, 5) is 15.0. The largest absolute Gasteiger partial charge is 0.476 e. The van der Waals surface area contributed by atoms with Crippen molar-refractivity contribution >= 4 is 11.3 Å². The molecule has 3 aromatic rings. The van der Waals surface area contributed by atoms with Gasteiger partial charge in [-0.1, -0.05) is 0 Å². The fourth-order valence-electron chi connectivity index (χ4n) is 2.96. The fraction of sp³-hybridized carbons (Fsp3) is 0.375. The van der Waals surface area contributed by atoms with Gasteiger partial charge in [0.15, 0.2) is 5.82 Å². The Morgan fingerprint density at radius 3 is 2.83 bits per heavy atom. The standard InChI is InChI=1S/C16H18N6O/c1-4-20-22-10-7-19-16(14(1)22)21-8-2-13(3-9-21)12-23-15-11-17-5-6-18-15/h1,4-7,10-11,13H,2-3,8-9,12H2. The molecule has 1 aliphatic rings. The minimum absolute atomic E-state index is 0.540. The van der Waals surface area contributed by atoms with Crippen LogP contribution in [0.2, 0.25) is 0 Å². The van der Waals surface area contributed by atoms with Crippen LogP contribution >= 0.6 is 0 Å². The molecule has 1 fully saturated rings. The van der Waals surface area contributed by atoms with Crippen LogP contribution in [0.1, 0.15) is 12.8 Å². The quantitative estimate of drug-likeness (QED) is 0.732. The molecule has 0 bridgehead atoms. The predicted octanol–water partition coefficient (Wildman–Crippen LogP) is 1.81. The van der Waals surface area contributed by atoms with Crippen LogP contribution < -0.4 is 9.64 Å². The van der Waals surface area contributed by atoms with Crippen molar-refractivity contribution in [1.82, 2.24) is 24.6 Å². The molecule has 0 unspecified atom stereocenters. The number of aromatic nitrogens is 5. The molecule has 0 atom stereocenters. The second-order valence-electron chi connectivity index (χ2n) is 5.70. The van der Waals surface area contributed by atoms with Gasteiger partial charge in [0.25, 0.3) is 0 Å². The van der Waals surface area contributed by atoms with E-state index in [0.29, 0.717) is 18.4 Å². The Bertz CT molecular complexity index is 766. The third kappa shape index (κ3) is 2.94. The zero-order chi connectivity index (χ0) is 15.5. The molecule has 7 nitrogen and oxygen atoms in total. The first-order valence-corrected chi connectivity index (χ1v) is 7.82. The van der Waals surface area contributed by atoms with Crippen molar-refractivity contribution in [3.05, 3.63) is 43.2 Å². The Labute approximate surface area is 134 Å². The van der Waals surface area contributed by atoms with Crippen molar-refractivity contribution in [3.63, 3.8) is 0 Å². The normalized spacial score (nSPS) is 15.9. The molecule has 1 saturated heterocycles. The van der Waals surface area contributed by atoms with Crippen LogP contribution in [0.15, 0.2) is 43.2 Å². The van der Waals surface area contributed by atoms with Crippen LogP contribution in [0.25, 0.3) is 5.52 Å². The molecule has 7 heteroatoms. The van der Waals surface area contributed by atoms with Crippen molar-refractivity contribution in [2.24, 2.45) is 5.92 Å². The molecule has 4 heterocycles. The Morgan fingerprint density at radius 2 is 2.00 bits per heavy atom. The van der Waals surface area contributed by atoms with Crippen molar-refractivity contribution < 1.29 is 4.74 Å². The van der Waals surface area contributed by atoms with E-state index in [0.717, 1.165) is 37.3 Å². The van der Waals surface area contributed by atoms with Crippen molar-refractivity contribution in [2.45, 2.75) is 12.8 Å². The van der Waals surface area contributed by atoms with Crippen LogP contribution in [0.5, 0.6) is 5.88 Å². The van der Waals surface area contributed by atoms with Crippen LogP contribution in [0.4, 0.5) is 5.82 Å². The molecule has 118 valence electrons. The van der Waals surface area contributed by atoms with Crippen LogP contribution in [0, 0.1) is 5.92 Å². The summed E-state index contributed by atoms with van der Waals surface area (Å²) in [5.74, 6) is 2.15. The van der Waals surface area contributed by atoms with Gasteiger partial charge in [-0.2, -0.15) is 5.10 Å². The number of piperidine rings is 1. The lowest BCUT2D eigenvalue weighted by molar-refractivity contribution is 0.215. The summed E-state index contributed by atoms with van der Waals surface area (Å²) in [7, 11) is 0. The third-order valence-electron chi connectivity index (χ3n) is 4.22. The van der Waals surface area contributed by atoms with Gasteiger partial charge in [0.05, 0.1) is 19.0 Å². The van der Waals surface area contributed by atoms with E-state index in [2.05, 4.69) is 25.0 Å². The van der Waals surface area contributed by atoms with Crippen LogP contribution in [-0.2, 0) is 0 Å². The number of hydrogen-bond donors (Lipinski definition) is 0. The minimum Gasteiger partial charge on any atom is -0.476 e. The maximum Gasteiger partial charge on any atom is 0.232 e. The van der Waals surface area contributed by atoms with E-state index in [9.17, 15) is 0 Å². The molecule has 4 rings (SSSR count). The van der Waals surface area contributed by atoms with Gasteiger partial charge in [0.2, 0.25) is 5.88 Å². The summed E-state index contributed by atoms with van der Waals surface area (Å²) in [6, 6.07) is 2.01. The summed E-state index contributed by atoms with van der Waals surface area (Å²) < 4.78 is 7.59. The van der Waals surface area contributed by atoms with Gasteiger partial charge in [-0.25, -0.2) is 14.5 Å². The molecule has 0 radical (unpaired) electrons. The molecule has 0 spiro atoms. The van der Waals surface area contributed by atoms with Crippen LogP contribution in [0.3, 0.4) is 0 Å². The van der Waals surface area contributed by atoms with Gasteiger partial charge >= 0.3 is 0 Å². The van der Waals surface area contributed by atoms with E-state index in [1.54, 1.807) is 24.8 Å². The van der Waals surface area contributed by atoms with Gasteiger partial charge < -0.3 is 9.64 Å². The van der Waals surface area contributed by atoms with E-state index in [1.165, 1.54) is 0 Å². The third-order valence-corrected chi connectivity index (χ3v) is 4.22. The average Bonchev–Trinajstić information content (AvgIpc) is 3.10. The number of hydrogen-bond acceptors (Lipinski definition) is 6. The highest BCUT2D eigenvalue weighted by Crippen LogP contribution is 2.25. The van der Waals surface area contributed by atoms with Gasteiger partial charge in [0, 0.05) is 37.9 Å². The van der Waals surface area contributed by atoms with Gasteiger partial charge in [-0.05, 0) is 24.8 Å². The van der Waals surface area contributed by atoms with Gasteiger partial charge in [-0.3, -0.25) is 4.98 Å². The first kappa shape index (κ1) is 13.9. The zero-order valence-electron chi connectivity index (χ0n) is 12.7. The lowest BCUT2D eigenvalue weighted by Crippen LogP contribution is -2.36. The Morgan fingerprint density at radius 1 is 1.09 bits per heavy atom. The van der Waals surface area contributed by atoms with Crippen molar-refractivity contribution in [1.29, 1.82) is 0 Å². The summed E-state index contributed by atoms with van der Waals surface area (Å²) >= 11 is 0. The lowest BCUT2D eigenvalue weighted by Gasteiger charge is -2.32. The van der Waals surface area contributed by atoms with Gasteiger partial charge in [-0.15, -0.1) is 0 Å². The van der Waals surface area contributed by atoms with Crippen molar-refractivity contribution in [3.8, 4) is 5.88 Å². The second kappa shape index (κ2) is 6.20. The summed E-state index contributed by atoms with van der Waals surface area (Å²) in [5.41, 5.74) is 1.06. The lowest BCUT2D eigenvalue weighted by atomic mass is 9.98. The summed E-state index contributed by atoms with van der Waals surface area (Å²) in [5, 5.41) is 4.27. The molecule has 0 N–H and O–H groups in total. The molecule has 3 aromatic heterocycles. The molecule has 0 saturated carbocycles. The maximum absolute atomic E-state index is 5.72. The Hall–Kier alpha value is -2.70. The summed E-state index contributed by atoms with van der Waals surface area (Å²) in [6.07, 6.45) is 12.6. The van der Waals surface area contributed by atoms with E-state index in [-0.39, 0.29) is 0 Å². The SMILES string of the molecule is c1cnc(OCC2CCN(c3nccn4nccc34)CC2)cn1. The zero-order valence-corrected chi connectivity index (χ0v) is 12.7. The Kier molecular flexibility index (Phi) is 3.75. The van der Waals surface area contributed by atoms with E-state index in [1.807, 2.05) is 23.0 Å². The molecule has 0 aliphatic carbocycles. The highest BCUT2D eigenvalue weighted by atomic mass is 16.5. The highest BCUT2D eigenvalue weighted by molar-refractivity contribution is 5.68. The van der Waals surface area contributed by atoms with E-state index >= 15 is 0 Å². The first-order chi connectivity index (χ1) is 11.4. The average molecular weight is 310 g/mol. The fourth-order valence-corrected chi connectivity index (χ4v) is 2.96. The smallest absolute Gasteiger partial charge is 0.232 e. The van der Waals surface area contributed by atoms with Crippen molar-refractivity contribution in [2.75, 3.05) is 24.6 Å². The number of fused-ring (bicyclic) bond motifs is 1. The van der Waals surface area contributed by atoms with Crippen LogP contribution in [-0.4, -0.2) is 44.3 Å². The van der Waals surface area contributed by atoms with E-state index < -0.39 is 0 Å². The van der Waals surface area contributed by atoms with Gasteiger partial charge in [0.1, 0.15) is 5.52 Å². The number of ether oxygens (including phenoxy) is 1. The number of rotatable bonds is 4. The monoisotopic (exact) mass is 310 g/mol. The molecule has 0 aromatic carbocycles. The number of nitrogens with zero attached hydrogens (tertiary/aromatic N) is 6. The minimum atomic E-state index is 0.540. The molecule has 1 aliphatic heterocycles. The highest BCUT2D eigenvalue weighted by Gasteiger charge is 2.22. The topological polar surface area (TPSA) is 68.4 Å².